The van der Waals surface area contributed by atoms with Crippen molar-refractivity contribution in [2.24, 2.45) is 29.6 Å². The van der Waals surface area contributed by atoms with Crippen molar-refractivity contribution in [3.63, 3.8) is 0 Å². The normalized spacial score (nSPS) is 29.8. The Bertz CT molecular complexity index is 1100. The molecule has 3 aliphatic rings. The molecule has 3 fully saturated rings. The van der Waals surface area contributed by atoms with Crippen LogP contribution in [0.1, 0.15) is 38.3 Å². The van der Waals surface area contributed by atoms with E-state index < -0.39 is 0 Å². The van der Waals surface area contributed by atoms with Crippen LogP contribution in [0.25, 0.3) is 17.2 Å². The second-order valence-electron chi connectivity index (χ2n) is 9.87. The average molecular weight is 479 g/mol. The van der Waals surface area contributed by atoms with Crippen LogP contribution in [0, 0.1) is 35.4 Å². The molecule has 2 aliphatic carbocycles. The van der Waals surface area contributed by atoms with Crippen molar-refractivity contribution < 1.29 is 23.5 Å². The highest BCUT2D eigenvalue weighted by atomic mass is 19.1. The number of hydrogen-bond donors (Lipinski definition) is 1. The Morgan fingerprint density at radius 2 is 2.09 bits per heavy atom. The summed E-state index contributed by atoms with van der Waals surface area (Å²) in [4.78, 5) is 29.1. The number of hydrogen-bond acceptors (Lipinski definition) is 5. The Labute approximate surface area is 204 Å². The van der Waals surface area contributed by atoms with Crippen LogP contribution in [0.5, 0.6) is 0 Å². The minimum atomic E-state index is -0.353. The molecule has 1 aliphatic heterocycles. The third-order valence-electron chi connectivity index (χ3n) is 7.81. The second kappa shape index (κ2) is 10.2. The zero-order valence-electron chi connectivity index (χ0n) is 19.9. The SMILES string of the molecule is CCOC(=O)N[C@@H]1CC[C@@H]2[C@@H](C1)C[C@H]1COC(=O)[C@H]1[C@H]2/C=C/c1ccc(-c2cccc(F)c2)cn1. The minimum Gasteiger partial charge on any atom is -0.465 e. The maximum atomic E-state index is 13.6. The van der Waals surface area contributed by atoms with E-state index in [9.17, 15) is 14.0 Å². The van der Waals surface area contributed by atoms with Gasteiger partial charge >= 0.3 is 12.1 Å². The average Bonchev–Trinajstić information content (AvgIpc) is 3.22. The molecule has 35 heavy (non-hydrogen) atoms. The maximum absolute atomic E-state index is 13.6. The number of nitrogens with zero attached hydrogens (tertiary/aromatic N) is 1. The van der Waals surface area contributed by atoms with Crippen LogP contribution in [0.2, 0.25) is 0 Å². The Morgan fingerprint density at radius 1 is 1.20 bits per heavy atom. The number of carbonyl (C=O) groups is 2. The Balaban J connectivity index is 1.32. The van der Waals surface area contributed by atoms with Gasteiger partial charge in [-0.25, -0.2) is 9.18 Å². The number of alkyl carbamates (subject to hydrolysis) is 1. The molecular weight excluding hydrogens is 447 g/mol. The molecule has 5 rings (SSSR count). The first-order valence-corrected chi connectivity index (χ1v) is 12.5. The number of allylic oxidation sites excluding steroid dienone is 1. The fourth-order valence-corrected chi connectivity index (χ4v) is 6.27. The molecule has 2 saturated carbocycles. The van der Waals surface area contributed by atoms with Gasteiger partial charge in [-0.2, -0.15) is 0 Å². The lowest BCUT2D eigenvalue weighted by Gasteiger charge is -2.46. The van der Waals surface area contributed by atoms with Crippen LogP contribution in [-0.4, -0.2) is 36.3 Å². The number of nitrogens with one attached hydrogen (secondary N) is 1. The molecule has 184 valence electrons. The highest BCUT2D eigenvalue weighted by Crippen LogP contribution is 2.51. The summed E-state index contributed by atoms with van der Waals surface area (Å²) in [6.45, 7) is 2.64. The third-order valence-corrected chi connectivity index (χ3v) is 7.81. The molecule has 0 bridgehead atoms. The molecule has 7 heteroatoms. The smallest absolute Gasteiger partial charge is 0.407 e. The number of aromatic nitrogens is 1. The molecule has 1 amide bonds. The van der Waals surface area contributed by atoms with Crippen LogP contribution in [-0.2, 0) is 14.3 Å². The van der Waals surface area contributed by atoms with Gasteiger partial charge in [-0.15, -0.1) is 0 Å². The number of ether oxygens (including phenoxy) is 2. The van der Waals surface area contributed by atoms with Crippen molar-refractivity contribution in [2.45, 2.75) is 38.6 Å². The number of carbonyl (C=O) groups excluding carboxylic acids is 2. The van der Waals surface area contributed by atoms with Gasteiger partial charge in [0.05, 0.1) is 24.8 Å². The number of halogens is 1. The standard InChI is InChI=1S/C28H31FN2O4/c1-2-34-28(33)31-23-9-10-24-19(14-23)12-20-16-35-27(32)26(20)25(24)11-8-22-7-6-18(15-30-22)17-4-3-5-21(29)13-17/h3-8,11,13,15,19-20,23-26H,2,9-10,12,14,16H2,1H3,(H,31,33)/b11-8+/t19-,20+,23-,24-,25+,26-/m1/s1. The molecule has 6 nitrogen and oxygen atoms in total. The van der Waals surface area contributed by atoms with Crippen LogP contribution >= 0.6 is 0 Å². The number of rotatable bonds is 5. The Kier molecular flexibility index (Phi) is 6.84. The Morgan fingerprint density at radius 3 is 2.86 bits per heavy atom. The summed E-state index contributed by atoms with van der Waals surface area (Å²) in [5.41, 5.74) is 2.44. The largest absolute Gasteiger partial charge is 0.465 e. The summed E-state index contributed by atoms with van der Waals surface area (Å²) in [7, 11) is 0. The third kappa shape index (κ3) is 5.09. The minimum absolute atomic E-state index is 0.0852. The van der Waals surface area contributed by atoms with Gasteiger partial charge in [0.15, 0.2) is 0 Å². The molecule has 0 radical (unpaired) electrons. The maximum Gasteiger partial charge on any atom is 0.407 e. The lowest BCUT2D eigenvalue weighted by molar-refractivity contribution is -0.143. The van der Waals surface area contributed by atoms with Gasteiger partial charge in [0.1, 0.15) is 5.82 Å². The summed E-state index contributed by atoms with van der Waals surface area (Å²) in [5, 5.41) is 3.01. The van der Waals surface area contributed by atoms with Crippen LogP contribution in [0.15, 0.2) is 48.7 Å². The van der Waals surface area contributed by atoms with E-state index in [1.165, 1.54) is 12.1 Å². The van der Waals surface area contributed by atoms with Gasteiger partial charge < -0.3 is 14.8 Å². The van der Waals surface area contributed by atoms with Crippen molar-refractivity contribution >= 4 is 18.1 Å². The number of cyclic esters (lactones) is 1. The predicted molar refractivity (Wildman–Crippen MR) is 129 cm³/mol. The lowest BCUT2D eigenvalue weighted by atomic mass is 9.58. The van der Waals surface area contributed by atoms with E-state index in [1.807, 2.05) is 24.3 Å². The molecule has 0 unspecified atom stereocenters. The molecule has 1 aromatic carbocycles. The molecule has 1 aromatic heterocycles. The first kappa shape index (κ1) is 23.5. The van der Waals surface area contributed by atoms with Crippen molar-refractivity contribution in [1.82, 2.24) is 10.3 Å². The molecule has 1 N–H and O–H groups in total. The van der Waals surface area contributed by atoms with Crippen molar-refractivity contribution in [1.29, 1.82) is 0 Å². The predicted octanol–water partition coefficient (Wildman–Crippen LogP) is 5.24. The first-order valence-electron chi connectivity index (χ1n) is 12.5. The number of fused-ring (bicyclic) bond motifs is 2. The lowest BCUT2D eigenvalue weighted by Crippen LogP contribution is -2.47. The van der Waals surface area contributed by atoms with Gasteiger partial charge in [0, 0.05) is 23.7 Å². The van der Waals surface area contributed by atoms with E-state index in [1.54, 1.807) is 19.2 Å². The zero-order chi connectivity index (χ0) is 24.4. The van der Waals surface area contributed by atoms with Crippen molar-refractivity contribution in [2.75, 3.05) is 13.2 Å². The molecule has 2 heterocycles. The summed E-state index contributed by atoms with van der Waals surface area (Å²) in [6.07, 6.45) is 9.19. The monoisotopic (exact) mass is 478 g/mol. The molecule has 6 atom stereocenters. The van der Waals surface area contributed by atoms with Gasteiger partial charge in [-0.05, 0) is 80.2 Å². The van der Waals surface area contributed by atoms with Gasteiger partial charge in [-0.1, -0.05) is 24.3 Å². The van der Waals surface area contributed by atoms with Crippen molar-refractivity contribution in [3.05, 3.63) is 60.2 Å². The topological polar surface area (TPSA) is 77.5 Å². The van der Waals surface area contributed by atoms with Crippen LogP contribution < -0.4 is 5.32 Å². The fraction of sp³-hybridized carbons (Fsp3) is 0.464. The molecular formula is C28H31FN2O4. The zero-order valence-corrected chi connectivity index (χ0v) is 19.9. The van der Waals surface area contributed by atoms with Gasteiger partial charge in [-0.3, -0.25) is 9.78 Å². The molecule has 0 spiro atoms. The first-order chi connectivity index (χ1) is 17.0. The van der Waals surface area contributed by atoms with E-state index in [0.29, 0.717) is 25.0 Å². The summed E-state index contributed by atoms with van der Waals surface area (Å²) < 4.78 is 24.1. The van der Waals surface area contributed by atoms with E-state index in [-0.39, 0.29) is 41.7 Å². The highest BCUT2D eigenvalue weighted by molar-refractivity contribution is 5.76. The summed E-state index contributed by atoms with van der Waals surface area (Å²) >= 11 is 0. The molecule has 1 saturated heterocycles. The van der Waals surface area contributed by atoms with Gasteiger partial charge in [0.2, 0.25) is 0 Å². The quantitative estimate of drug-likeness (QED) is 0.595. The fourth-order valence-electron chi connectivity index (χ4n) is 6.27. The van der Waals surface area contributed by atoms with E-state index >= 15 is 0 Å². The van der Waals surface area contributed by atoms with E-state index in [2.05, 4.69) is 16.4 Å². The Hall–Kier alpha value is -3.22. The van der Waals surface area contributed by atoms with E-state index in [0.717, 1.165) is 42.5 Å². The summed E-state index contributed by atoms with van der Waals surface area (Å²) in [6, 6.07) is 10.4. The van der Waals surface area contributed by atoms with Crippen LogP contribution in [0.3, 0.4) is 0 Å². The van der Waals surface area contributed by atoms with Gasteiger partial charge in [0.25, 0.3) is 0 Å². The number of esters is 1. The highest BCUT2D eigenvalue weighted by Gasteiger charge is 2.52. The number of pyridine rings is 1. The number of benzene rings is 1. The van der Waals surface area contributed by atoms with E-state index in [4.69, 9.17) is 9.47 Å². The summed E-state index contributed by atoms with van der Waals surface area (Å²) in [5.74, 6) is 0.598. The van der Waals surface area contributed by atoms with Crippen LogP contribution in [0.4, 0.5) is 9.18 Å². The van der Waals surface area contributed by atoms with Crippen molar-refractivity contribution in [3.8, 4) is 11.1 Å². The molecule has 2 aromatic rings. The number of amides is 1. The second-order valence-corrected chi connectivity index (χ2v) is 9.87.